The zero-order chi connectivity index (χ0) is 21.1. The fraction of sp³-hybridized carbons (Fsp3) is 0.105. The summed E-state index contributed by atoms with van der Waals surface area (Å²) in [7, 11) is 0. The van der Waals surface area contributed by atoms with Crippen LogP contribution in [0.5, 0.6) is 0 Å². The monoisotopic (exact) mass is 455 g/mol. The molecule has 1 N–H and O–H groups in total. The topological polar surface area (TPSA) is 65.8 Å². The Labute approximate surface area is 178 Å². The number of hydrogen-bond acceptors (Lipinski definition) is 5. The Hall–Kier alpha value is -2.55. The van der Waals surface area contributed by atoms with Crippen molar-refractivity contribution in [2.24, 2.45) is 5.10 Å². The molecule has 1 heterocycles. The van der Waals surface area contributed by atoms with Crippen LogP contribution in [0.4, 0.5) is 13.9 Å². The Bertz CT molecular complexity index is 1080. The van der Waals surface area contributed by atoms with Gasteiger partial charge in [0, 0.05) is 17.7 Å². The van der Waals surface area contributed by atoms with E-state index in [0.717, 1.165) is 23.5 Å². The number of carbonyl (C=O) groups is 1. The van der Waals surface area contributed by atoms with Crippen LogP contribution in [-0.4, -0.2) is 28.8 Å². The Kier molecular flexibility index (Phi) is 6.46. The second-order valence-electron chi connectivity index (χ2n) is 5.71. The minimum Gasteiger partial charge on any atom is -0.478 e. The molecule has 0 radical (unpaired) electrons. The minimum atomic E-state index is -1.29. The molecule has 0 saturated heterocycles. The highest BCUT2D eigenvalue weighted by molar-refractivity contribution is 7.14. The lowest BCUT2D eigenvalue weighted by Crippen LogP contribution is -2.16. The molecular weight excluding hydrogens is 443 g/mol. The van der Waals surface area contributed by atoms with Crippen molar-refractivity contribution in [3.8, 4) is 11.3 Å². The number of hydrazone groups is 1. The quantitative estimate of drug-likeness (QED) is 0.368. The highest BCUT2D eigenvalue weighted by Gasteiger charge is 2.21. The maximum Gasteiger partial charge on any atom is 0.336 e. The number of halogens is 4. The van der Waals surface area contributed by atoms with E-state index in [1.54, 1.807) is 25.1 Å². The van der Waals surface area contributed by atoms with Crippen LogP contribution in [0.3, 0.4) is 0 Å². The van der Waals surface area contributed by atoms with Crippen LogP contribution in [0.1, 0.15) is 22.8 Å². The molecule has 0 aliphatic carbocycles. The van der Waals surface area contributed by atoms with Crippen LogP contribution in [0.25, 0.3) is 11.3 Å². The SMILES string of the molecule is CCN(/N=C/c1ccc(F)cc1C(=O)O)c1nc(-c2c(Cl)cccc2Cl)c(F)s1. The number of carboxylic acid groups (broad SMARTS) is 1. The lowest BCUT2D eigenvalue weighted by molar-refractivity contribution is 0.0696. The fourth-order valence-electron chi connectivity index (χ4n) is 2.50. The van der Waals surface area contributed by atoms with Gasteiger partial charge in [0.15, 0.2) is 0 Å². The normalized spacial score (nSPS) is 11.2. The van der Waals surface area contributed by atoms with Crippen molar-refractivity contribution < 1.29 is 18.7 Å². The van der Waals surface area contributed by atoms with Crippen molar-refractivity contribution in [2.75, 3.05) is 11.6 Å². The van der Waals surface area contributed by atoms with Gasteiger partial charge in [-0.2, -0.15) is 9.49 Å². The van der Waals surface area contributed by atoms with Crippen LogP contribution in [0.15, 0.2) is 41.5 Å². The number of nitrogens with zero attached hydrogens (tertiary/aromatic N) is 3. The lowest BCUT2D eigenvalue weighted by Gasteiger charge is -2.13. The Morgan fingerprint density at radius 3 is 2.59 bits per heavy atom. The molecule has 0 amide bonds. The number of carboxylic acids is 1. The number of aromatic carboxylic acids is 1. The average molecular weight is 456 g/mol. The molecule has 0 aliphatic rings. The average Bonchev–Trinajstić information content (AvgIpc) is 3.04. The summed E-state index contributed by atoms with van der Waals surface area (Å²) in [5.74, 6) is -1.96. The molecule has 1 aromatic heterocycles. The van der Waals surface area contributed by atoms with Gasteiger partial charge in [0.2, 0.25) is 10.3 Å². The maximum atomic E-state index is 14.6. The second-order valence-corrected chi connectivity index (χ2v) is 7.45. The first-order valence-corrected chi connectivity index (χ1v) is 9.84. The van der Waals surface area contributed by atoms with Crippen molar-refractivity contribution in [1.82, 2.24) is 4.98 Å². The minimum absolute atomic E-state index is 0.00209. The summed E-state index contributed by atoms with van der Waals surface area (Å²) in [6.45, 7) is 2.09. The summed E-state index contributed by atoms with van der Waals surface area (Å²) in [5.41, 5.74) is 0.243. The highest BCUT2D eigenvalue weighted by atomic mass is 35.5. The third-order valence-corrected chi connectivity index (χ3v) is 5.36. The number of hydrogen-bond donors (Lipinski definition) is 1. The van der Waals surface area contributed by atoms with Crippen LogP contribution in [0.2, 0.25) is 10.0 Å². The van der Waals surface area contributed by atoms with Gasteiger partial charge < -0.3 is 5.11 Å². The summed E-state index contributed by atoms with van der Waals surface area (Å²) in [6, 6.07) is 8.14. The molecule has 150 valence electrons. The molecule has 0 fully saturated rings. The van der Waals surface area contributed by atoms with E-state index in [-0.39, 0.29) is 37.6 Å². The number of rotatable bonds is 6. The molecular formula is C19H13Cl2F2N3O2S. The largest absolute Gasteiger partial charge is 0.478 e. The summed E-state index contributed by atoms with van der Waals surface area (Å²) in [6.07, 6.45) is 1.26. The summed E-state index contributed by atoms with van der Waals surface area (Å²) < 4.78 is 27.9. The van der Waals surface area contributed by atoms with E-state index >= 15 is 0 Å². The Balaban J connectivity index is 1.97. The summed E-state index contributed by atoms with van der Waals surface area (Å²) in [4.78, 5) is 15.6. The van der Waals surface area contributed by atoms with Gasteiger partial charge >= 0.3 is 5.97 Å². The Morgan fingerprint density at radius 1 is 1.28 bits per heavy atom. The predicted molar refractivity (Wildman–Crippen MR) is 112 cm³/mol. The van der Waals surface area contributed by atoms with Gasteiger partial charge in [-0.25, -0.2) is 19.2 Å². The highest BCUT2D eigenvalue weighted by Crippen LogP contribution is 2.39. The first-order valence-electron chi connectivity index (χ1n) is 8.26. The maximum absolute atomic E-state index is 14.6. The number of benzene rings is 2. The van der Waals surface area contributed by atoms with Crippen LogP contribution >= 0.6 is 34.5 Å². The van der Waals surface area contributed by atoms with Gasteiger partial charge in [-0.1, -0.05) is 40.6 Å². The van der Waals surface area contributed by atoms with E-state index in [0.29, 0.717) is 6.54 Å². The summed E-state index contributed by atoms with van der Waals surface area (Å²) in [5, 5.41) is 15.0. The van der Waals surface area contributed by atoms with Gasteiger partial charge in [0.1, 0.15) is 11.5 Å². The molecule has 3 rings (SSSR count). The standard InChI is InChI=1S/C19H13Cl2F2N3O2S/c1-2-26(24-9-10-6-7-11(22)8-12(10)18(27)28)19-25-16(17(23)29-19)15-13(20)4-3-5-14(15)21/h3-9H,2H2,1H3,(H,27,28)/b24-9+. The first kappa shape index (κ1) is 21.2. The third kappa shape index (κ3) is 4.55. The number of anilines is 1. The van der Waals surface area contributed by atoms with Crippen molar-refractivity contribution in [3.05, 3.63) is 68.5 Å². The van der Waals surface area contributed by atoms with E-state index in [1.807, 2.05) is 0 Å². The van der Waals surface area contributed by atoms with E-state index in [9.17, 15) is 18.7 Å². The van der Waals surface area contributed by atoms with Crippen LogP contribution < -0.4 is 5.01 Å². The molecule has 0 unspecified atom stereocenters. The number of thiazole rings is 1. The smallest absolute Gasteiger partial charge is 0.336 e. The molecule has 2 aromatic carbocycles. The van der Waals surface area contributed by atoms with Gasteiger partial charge in [-0.15, -0.1) is 0 Å². The van der Waals surface area contributed by atoms with E-state index in [2.05, 4.69) is 10.1 Å². The zero-order valence-electron chi connectivity index (χ0n) is 14.9. The summed E-state index contributed by atoms with van der Waals surface area (Å²) >= 11 is 13.0. The van der Waals surface area contributed by atoms with Crippen molar-refractivity contribution in [3.63, 3.8) is 0 Å². The van der Waals surface area contributed by atoms with Crippen molar-refractivity contribution >= 4 is 51.9 Å². The van der Waals surface area contributed by atoms with Crippen molar-refractivity contribution in [2.45, 2.75) is 6.92 Å². The third-order valence-electron chi connectivity index (χ3n) is 3.88. The van der Waals surface area contributed by atoms with Crippen LogP contribution in [-0.2, 0) is 0 Å². The Morgan fingerprint density at radius 2 is 1.97 bits per heavy atom. The lowest BCUT2D eigenvalue weighted by atomic mass is 10.1. The molecule has 0 aliphatic heterocycles. The molecule has 10 heteroatoms. The molecule has 5 nitrogen and oxygen atoms in total. The number of aromatic nitrogens is 1. The van der Waals surface area contributed by atoms with E-state index in [4.69, 9.17) is 23.2 Å². The van der Waals surface area contributed by atoms with Crippen molar-refractivity contribution in [1.29, 1.82) is 0 Å². The fourth-order valence-corrected chi connectivity index (χ4v) is 3.90. The molecule has 3 aromatic rings. The van der Waals surface area contributed by atoms with Gasteiger partial charge in [-0.3, -0.25) is 0 Å². The zero-order valence-corrected chi connectivity index (χ0v) is 17.2. The molecule has 0 spiro atoms. The molecule has 0 atom stereocenters. The van der Waals surface area contributed by atoms with E-state index < -0.39 is 16.9 Å². The van der Waals surface area contributed by atoms with Gasteiger partial charge in [0.25, 0.3) is 0 Å². The molecule has 29 heavy (non-hydrogen) atoms. The van der Waals surface area contributed by atoms with Gasteiger partial charge in [-0.05, 0) is 37.3 Å². The van der Waals surface area contributed by atoms with Gasteiger partial charge in [0.05, 0.1) is 21.8 Å². The predicted octanol–water partition coefficient (Wildman–Crippen LogP) is 5.95. The molecule has 0 bridgehead atoms. The van der Waals surface area contributed by atoms with Crippen LogP contribution in [0, 0.1) is 10.9 Å². The first-order chi connectivity index (χ1) is 13.8. The van der Waals surface area contributed by atoms with E-state index in [1.165, 1.54) is 17.3 Å². The second kappa shape index (κ2) is 8.86. The molecule has 0 saturated carbocycles.